The molecule has 1 aromatic carbocycles. The normalized spacial score (nSPS) is 22.0. The van der Waals surface area contributed by atoms with Crippen LogP contribution in [0.2, 0.25) is 0 Å². The van der Waals surface area contributed by atoms with E-state index in [4.69, 9.17) is 5.11 Å². The van der Waals surface area contributed by atoms with Crippen molar-refractivity contribution in [2.75, 3.05) is 0 Å². The summed E-state index contributed by atoms with van der Waals surface area (Å²) < 4.78 is 0. The predicted octanol–water partition coefficient (Wildman–Crippen LogP) is 2.97. The maximum atomic E-state index is 12.2. The molecule has 114 valence electrons. The molecule has 0 saturated heterocycles. The number of rotatable bonds is 3. The van der Waals surface area contributed by atoms with Gasteiger partial charge in [-0.2, -0.15) is 0 Å². The minimum absolute atomic E-state index is 0.0270. The van der Waals surface area contributed by atoms with Crippen LogP contribution in [0.5, 0.6) is 0 Å². The number of nitrogens with one attached hydrogen (secondary N) is 1. The fourth-order valence-corrected chi connectivity index (χ4v) is 2.73. The average Bonchev–Trinajstić information content (AvgIpc) is 2.86. The molecule has 1 saturated carbocycles. The van der Waals surface area contributed by atoms with Gasteiger partial charge in [0, 0.05) is 11.6 Å². The molecule has 2 unspecified atom stereocenters. The number of amides is 1. The van der Waals surface area contributed by atoms with Gasteiger partial charge in [0.2, 0.25) is 0 Å². The largest absolute Gasteiger partial charge is 0.481 e. The molecular weight excluding hydrogens is 266 g/mol. The van der Waals surface area contributed by atoms with Gasteiger partial charge in [-0.3, -0.25) is 9.59 Å². The van der Waals surface area contributed by atoms with Crippen LogP contribution in [0, 0.1) is 5.92 Å². The van der Waals surface area contributed by atoms with Crippen LogP contribution in [0.25, 0.3) is 0 Å². The summed E-state index contributed by atoms with van der Waals surface area (Å²) in [6.45, 7) is 6.39. The number of carbonyl (C=O) groups excluding carboxylic acids is 1. The van der Waals surface area contributed by atoms with Crippen molar-refractivity contribution in [2.45, 2.75) is 51.5 Å². The zero-order chi connectivity index (χ0) is 15.6. The van der Waals surface area contributed by atoms with Crippen molar-refractivity contribution in [3.63, 3.8) is 0 Å². The van der Waals surface area contributed by atoms with Crippen LogP contribution in [-0.4, -0.2) is 23.0 Å². The summed E-state index contributed by atoms with van der Waals surface area (Å²) >= 11 is 0. The Morgan fingerprint density at radius 3 is 2.24 bits per heavy atom. The molecule has 1 aliphatic carbocycles. The molecule has 4 nitrogen and oxygen atoms in total. The number of hydrogen-bond donors (Lipinski definition) is 2. The maximum Gasteiger partial charge on any atom is 0.306 e. The molecular formula is C17H23NO3. The van der Waals surface area contributed by atoms with Gasteiger partial charge in [0.1, 0.15) is 0 Å². The molecule has 0 bridgehead atoms. The van der Waals surface area contributed by atoms with Crippen LogP contribution < -0.4 is 5.32 Å². The second-order valence-corrected chi connectivity index (χ2v) is 6.85. The molecule has 0 radical (unpaired) electrons. The number of carboxylic acids is 1. The predicted molar refractivity (Wildman–Crippen MR) is 81.4 cm³/mol. The lowest BCUT2D eigenvalue weighted by atomic mass is 9.86. The van der Waals surface area contributed by atoms with Gasteiger partial charge < -0.3 is 10.4 Å². The van der Waals surface area contributed by atoms with Crippen molar-refractivity contribution in [3.05, 3.63) is 35.4 Å². The van der Waals surface area contributed by atoms with Crippen molar-refractivity contribution in [2.24, 2.45) is 5.92 Å². The Kier molecular flexibility index (Phi) is 4.35. The molecule has 4 heteroatoms. The Labute approximate surface area is 125 Å². The Morgan fingerprint density at radius 1 is 1.14 bits per heavy atom. The molecule has 0 heterocycles. The summed E-state index contributed by atoms with van der Waals surface area (Å²) in [5.41, 5.74) is 1.88. The Bertz CT molecular complexity index is 528. The summed E-state index contributed by atoms with van der Waals surface area (Å²) in [4.78, 5) is 23.1. The van der Waals surface area contributed by atoms with Gasteiger partial charge in [-0.25, -0.2) is 0 Å². The van der Waals surface area contributed by atoms with Crippen molar-refractivity contribution in [1.29, 1.82) is 0 Å². The van der Waals surface area contributed by atoms with Crippen LogP contribution >= 0.6 is 0 Å². The number of carboxylic acid groups (broad SMARTS) is 1. The van der Waals surface area contributed by atoms with E-state index in [-0.39, 0.29) is 23.3 Å². The van der Waals surface area contributed by atoms with E-state index in [0.717, 1.165) is 6.42 Å². The highest BCUT2D eigenvalue weighted by Gasteiger charge is 2.30. The van der Waals surface area contributed by atoms with E-state index in [1.54, 1.807) is 0 Å². The van der Waals surface area contributed by atoms with Gasteiger partial charge in [-0.1, -0.05) is 32.9 Å². The van der Waals surface area contributed by atoms with Crippen LogP contribution in [0.1, 0.15) is 56.0 Å². The van der Waals surface area contributed by atoms with Crippen molar-refractivity contribution >= 4 is 11.9 Å². The summed E-state index contributed by atoms with van der Waals surface area (Å²) in [7, 11) is 0. The van der Waals surface area contributed by atoms with Gasteiger partial charge in [0.25, 0.3) is 5.91 Å². The molecule has 0 spiro atoms. The summed E-state index contributed by atoms with van der Waals surface area (Å²) in [6, 6.07) is 7.59. The molecule has 2 rings (SSSR count). The smallest absolute Gasteiger partial charge is 0.306 e. The van der Waals surface area contributed by atoms with E-state index in [1.165, 1.54) is 5.56 Å². The Morgan fingerprint density at radius 2 is 1.76 bits per heavy atom. The zero-order valence-corrected chi connectivity index (χ0v) is 12.8. The van der Waals surface area contributed by atoms with E-state index in [0.29, 0.717) is 18.4 Å². The Hall–Kier alpha value is -1.84. The summed E-state index contributed by atoms with van der Waals surface area (Å²) in [5, 5.41) is 11.9. The third kappa shape index (κ3) is 3.84. The lowest BCUT2D eigenvalue weighted by molar-refractivity contribution is -0.141. The van der Waals surface area contributed by atoms with Gasteiger partial charge in [0.15, 0.2) is 0 Å². The quantitative estimate of drug-likeness (QED) is 0.899. The van der Waals surface area contributed by atoms with Crippen molar-refractivity contribution in [1.82, 2.24) is 5.32 Å². The molecule has 0 aliphatic heterocycles. The lowest BCUT2D eigenvalue weighted by Gasteiger charge is -2.19. The number of carbonyl (C=O) groups is 2. The van der Waals surface area contributed by atoms with Crippen LogP contribution in [0.15, 0.2) is 24.3 Å². The molecule has 2 atom stereocenters. The van der Waals surface area contributed by atoms with E-state index < -0.39 is 5.97 Å². The fraction of sp³-hybridized carbons (Fsp3) is 0.529. The second kappa shape index (κ2) is 5.88. The first-order valence-electron chi connectivity index (χ1n) is 7.41. The molecule has 21 heavy (non-hydrogen) atoms. The lowest BCUT2D eigenvalue weighted by Crippen LogP contribution is -2.33. The third-order valence-electron chi connectivity index (χ3n) is 4.13. The fourth-order valence-electron chi connectivity index (χ4n) is 2.73. The van der Waals surface area contributed by atoms with Crippen molar-refractivity contribution in [3.8, 4) is 0 Å². The third-order valence-corrected chi connectivity index (χ3v) is 4.13. The monoisotopic (exact) mass is 289 g/mol. The van der Waals surface area contributed by atoms with Gasteiger partial charge in [-0.05, 0) is 42.4 Å². The minimum Gasteiger partial charge on any atom is -0.481 e. The van der Waals surface area contributed by atoms with Gasteiger partial charge in [-0.15, -0.1) is 0 Å². The highest BCUT2D eigenvalue weighted by Crippen LogP contribution is 2.26. The first kappa shape index (κ1) is 15.5. The van der Waals surface area contributed by atoms with E-state index >= 15 is 0 Å². The summed E-state index contributed by atoms with van der Waals surface area (Å²) in [5.74, 6) is -1.20. The SMILES string of the molecule is CC(C)(C)c1ccc(C(=O)NC2CCC(C(=O)O)C2)cc1. The number of aliphatic carboxylic acids is 1. The molecule has 1 amide bonds. The zero-order valence-electron chi connectivity index (χ0n) is 12.8. The molecule has 2 N–H and O–H groups in total. The second-order valence-electron chi connectivity index (χ2n) is 6.85. The average molecular weight is 289 g/mol. The molecule has 1 aromatic rings. The van der Waals surface area contributed by atoms with Crippen LogP contribution in [-0.2, 0) is 10.2 Å². The van der Waals surface area contributed by atoms with E-state index in [1.807, 2.05) is 24.3 Å². The van der Waals surface area contributed by atoms with Gasteiger partial charge in [0.05, 0.1) is 5.92 Å². The maximum absolute atomic E-state index is 12.2. The Balaban J connectivity index is 1.97. The van der Waals surface area contributed by atoms with Crippen LogP contribution in [0.3, 0.4) is 0 Å². The minimum atomic E-state index is -0.763. The van der Waals surface area contributed by atoms with E-state index in [2.05, 4.69) is 26.1 Å². The molecule has 1 fully saturated rings. The topological polar surface area (TPSA) is 66.4 Å². The number of hydrogen-bond acceptors (Lipinski definition) is 2. The van der Waals surface area contributed by atoms with Crippen molar-refractivity contribution < 1.29 is 14.7 Å². The molecule has 1 aliphatic rings. The standard InChI is InChI=1S/C17H23NO3/c1-17(2,3)13-7-4-11(5-8-13)15(19)18-14-9-6-12(10-14)16(20)21/h4-5,7-8,12,14H,6,9-10H2,1-3H3,(H,18,19)(H,20,21). The first-order chi connectivity index (χ1) is 9.77. The highest BCUT2D eigenvalue weighted by molar-refractivity contribution is 5.94. The van der Waals surface area contributed by atoms with E-state index in [9.17, 15) is 9.59 Å². The first-order valence-corrected chi connectivity index (χ1v) is 7.41. The summed E-state index contributed by atoms with van der Waals surface area (Å²) in [6.07, 6.45) is 1.91. The number of benzene rings is 1. The highest BCUT2D eigenvalue weighted by atomic mass is 16.4. The van der Waals surface area contributed by atoms with Gasteiger partial charge >= 0.3 is 5.97 Å². The van der Waals surface area contributed by atoms with Crippen LogP contribution in [0.4, 0.5) is 0 Å². The molecule has 0 aromatic heterocycles.